The number of carbonyl (C=O) groups excluding carboxylic acids is 1. The molecular weight excluding hydrogens is 348 g/mol. The first-order valence-electron chi connectivity index (χ1n) is 8.62. The second-order valence-corrected chi connectivity index (χ2v) is 7.30. The molecular formula is C18H20N6OS. The molecule has 1 saturated heterocycles. The molecule has 8 heteroatoms. The number of carbonyl (C=O) groups is 1. The Hall–Kier alpha value is -2.74. The molecule has 7 nitrogen and oxygen atoms in total. The summed E-state index contributed by atoms with van der Waals surface area (Å²) in [5.41, 5.74) is 1.79. The van der Waals surface area contributed by atoms with Crippen LogP contribution in [0.25, 0.3) is 11.4 Å². The highest BCUT2D eigenvalue weighted by Gasteiger charge is 2.30. The van der Waals surface area contributed by atoms with Crippen molar-refractivity contribution in [3.63, 3.8) is 0 Å². The normalized spacial score (nSPS) is 16.8. The molecule has 0 bridgehead atoms. The van der Waals surface area contributed by atoms with Crippen LogP contribution in [0, 0.1) is 0 Å². The van der Waals surface area contributed by atoms with Gasteiger partial charge in [0, 0.05) is 29.7 Å². The lowest BCUT2D eigenvalue weighted by atomic mass is 10.2. The summed E-state index contributed by atoms with van der Waals surface area (Å²) in [6.45, 7) is 1.11. The standard InChI is InChI=1S/C18H20N6OS/c1-23-18(20-21-22-23)13-5-2-6-14(11-13)19-12-17(25)24-9-3-7-15(24)16-8-4-10-26-16/h2,4-6,8,10-11,15,19H,3,7,9,12H2,1H3. The lowest BCUT2D eigenvalue weighted by molar-refractivity contribution is -0.130. The highest BCUT2D eigenvalue weighted by molar-refractivity contribution is 7.10. The Morgan fingerprint density at radius 2 is 2.27 bits per heavy atom. The van der Waals surface area contributed by atoms with Crippen molar-refractivity contribution in [3.05, 3.63) is 46.7 Å². The van der Waals surface area contributed by atoms with Crippen LogP contribution >= 0.6 is 11.3 Å². The Bertz CT molecular complexity index is 891. The highest BCUT2D eigenvalue weighted by atomic mass is 32.1. The van der Waals surface area contributed by atoms with Crippen LogP contribution in [0.4, 0.5) is 5.69 Å². The average molecular weight is 368 g/mol. The number of nitrogens with one attached hydrogen (secondary N) is 1. The van der Waals surface area contributed by atoms with Gasteiger partial charge in [-0.3, -0.25) is 4.79 Å². The highest BCUT2D eigenvalue weighted by Crippen LogP contribution is 2.34. The van der Waals surface area contributed by atoms with Crippen LogP contribution in [0.2, 0.25) is 0 Å². The van der Waals surface area contributed by atoms with Gasteiger partial charge in [0.1, 0.15) is 0 Å². The van der Waals surface area contributed by atoms with Gasteiger partial charge in [0.05, 0.1) is 12.6 Å². The summed E-state index contributed by atoms with van der Waals surface area (Å²) in [6.07, 6.45) is 2.10. The molecule has 1 atom stereocenters. The molecule has 0 spiro atoms. The lowest BCUT2D eigenvalue weighted by Crippen LogP contribution is -2.34. The Balaban J connectivity index is 1.43. The predicted octanol–water partition coefficient (Wildman–Crippen LogP) is 2.71. The smallest absolute Gasteiger partial charge is 0.242 e. The summed E-state index contributed by atoms with van der Waals surface area (Å²) in [6, 6.07) is 12.2. The minimum atomic E-state index is 0.131. The number of nitrogens with zero attached hydrogens (tertiary/aromatic N) is 5. The summed E-state index contributed by atoms with van der Waals surface area (Å²) in [5, 5.41) is 16.9. The van der Waals surface area contributed by atoms with Gasteiger partial charge in [0.2, 0.25) is 5.91 Å². The van der Waals surface area contributed by atoms with E-state index in [-0.39, 0.29) is 18.5 Å². The molecule has 2 aromatic heterocycles. The van der Waals surface area contributed by atoms with Gasteiger partial charge in [-0.05, 0) is 46.8 Å². The van der Waals surface area contributed by atoms with E-state index in [9.17, 15) is 4.79 Å². The zero-order valence-electron chi connectivity index (χ0n) is 14.5. The van der Waals surface area contributed by atoms with E-state index in [0.717, 1.165) is 30.6 Å². The molecule has 1 fully saturated rings. The van der Waals surface area contributed by atoms with Crippen molar-refractivity contribution in [2.45, 2.75) is 18.9 Å². The third-order valence-corrected chi connectivity index (χ3v) is 5.60. The minimum Gasteiger partial charge on any atom is -0.376 e. The summed E-state index contributed by atoms with van der Waals surface area (Å²) < 4.78 is 1.63. The SMILES string of the molecule is Cn1nnnc1-c1cccc(NCC(=O)N2CCCC2c2cccs2)c1. The Labute approximate surface area is 155 Å². The third-order valence-electron chi connectivity index (χ3n) is 4.63. The zero-order valence-corrected chi connectivity index (χ0v) is 15.3. The Morgan fingerprint density at radius 3 is 3.04 bits per heavy atom. The van der Waals surface area contributed by atoms with Crippen LogP contribution in [-0.2, 0) is 11.8 Å². The quantitative estimate of drug-likeness (QED) is 0.749. The van der Waals surface area contributed by atoms with Crippen LogP contribution in [0.1, 0.15) is 23.8 Å². The van der Waals surface area contributed by atoms with Gasteiger partial charge >= 0.3 is 0 Å². The van der Waals surface area contributed by atoms with Gasteiger partial charge in [-0.2, -0.15) is 0 Å². The summed E-state index contributed by atoms with van der Waals surface area (Å²) in [5.74, 6) is 0.823. The van der Waals surface area contributed by atoms with Gasteiger partial charge in [0.25, 0.3) is 0 Å². The summed E-state index contributed by atoms with van der Waals surface area (Å²) in [4.78, 5) is 16.0. The van der Waals surface area contributed by atoms with Gasteiger partial charge in [-0.15, -0.1) is 16.4 Å². The van der Waals surface area contributed by atoms with Crippen molar-refractivity contribution in [1.82, 2.24) is 25.1 Å². The molecule has 26 heavy (non-hydrogen) atoms. The Morgan fingerprint density at radius 1 is 1.35 bits per heavy atom. The second-order valence-electron chi connectivity index (χ2n) is 6.32. The topological polar surface area (TPSA) is 75.9 Å². The molecule has 0 radical (unpaired) electrons. The maximum atomic E-state index is 12.7. The number of benzene rings is 1. The third kappa shape index (κ3) is 3.32. The van der Waals surface area contributed by atoms with Gasteiger partial charge in [-0.1, -0.05) is 18.2 Å². The molecule has 1 aliphatic rings. The van der Waals surface area contributed by atoms with E-state index in [0.29, 0.717) is 5.82 Å². The molecule has 0 aliphatic carbocycles. The van der Waals surface area contributed by atoms with E-state index >= 15 is 0 Å². The van der Waals surface area contributed by atoms with E-state index in [1.807, 2.05) is 35.2 Å². The van der Waals surface area contributed by atoms with Crippen LogP contribution in [-0.4, -0.2) is 44.1 Å². The average Bonchev–Trinajstić information content (AvgIpc) is 3.40. The molecule has 0 saturated carbocycles. The molecule has 134 valence electrons. The predicted molar refractivity (Wildman–Crippen MR) is 101 cm³/mol. The molecule has 1 amide bonds. The van der Waals surface area contributed by atoms with E-state index in [2.05, 4.69) is 32.3 Å². The number of aromatic nitrogens is 4. The summed E-state index contributed by atoms with van der Waals surface area (Å²) in [7, 11) is 1.80. The number of aryl methyl sites for hydroxylation is 1. The Kier molecular flexibility index (Phi) is 4.66. The molecule has 1 aromatic carbocycles. The number of hydrogen-bond acceptors (Lipinski definition) is 6. The molecule has 1 N–H and O–H groups in total. The van der Waals surface area contributed by atoms with Gasteiger partial charge < -0.3 is 10.2 Å². The van der Waals surface area contributed by atoms with Crippen molar-refractivity contribution in [3.8, 4) is 11.4 Å². The molecule has 3 aromatic rings. The lowest BCUT2D eigenvalue weighted by Gasteiger charge is -2.24. The largest absolute Gasteiger partial charge is 0.376 e. The maximum Gasteiger partial charge on any atom is 0.242 e. The first-order chi connectivity index (χ1) is 12.7. The number of anilines is 1. The first-order valence-corrected chi connectivity index (χ1v) is 9.50. The van der Waals surface area contributed by atoms with Crippen molar-refractivity contribution in [2.24, 2.45) is 7.05 Å². The number of hydrogen-bond donors (Lipinski definition) is 1. The number of rotatable bonds is 5. The number of amides is 1. The van der Waals surface area contributed by atoms with Crippen LogP contribution in [0.15, 0.2) is 41.8 Å². The fourth-order valence-corrected chi connectivity index (χ4v) is 4.24. The summed E-state index contributed by atoms with van der Waals surface area (Å²) >= 11 is 1.72. The minimum absolute atomic E-state index is 0.131. The monoisotopic (exact) mass is 368 g/mol. The van der Waals surface area contributed by atoms with E-state index in [4.69, 9.17) is 0 Å². The van der Waals surface area contributed by atoms with Gasteiger partial charge in [-0.25, -0.2) is 4.68 Å². The fraction of sp³-hybridized carbons (Fsp3) is 0.333. The molecule has 4 rings (SSSR count). The van der Waals surface area contributed by atoms with Gasteiger partial charge in [0.15, 0.2) is 5.82 Å². The van der Waals surface area contributed by atoms with Crippen molar-refractivity contribution in [1.29, 1.82) is 0 Å². The molecule has 3 heterocycles. The van der Waals surface area contributed by atoms with E-state index in [1.54, 1.807) is 23.1 Å². The van der Waals surface area contributed by atoms with Crippen LogP contribution < -0.4 is 5.32 Å². The van der Waals surface area contributed by atoms with Crippen molar-refractivity contribution < 1.29 is 4.79 Å². The van der Waals surface area contributed by atoms with Crippen LogP contribution in [0.3, 0.4) is 0 Å². The number of tetrazole rings is 1. The first kappa shape index (κ1) is 16.7. The fourth-order valence-electron chi connectivity index (χ4n) is 3.36. The van der Waals surface area contributed by atoms with Crippen LogP contribution in [0.5, 0.6) is 0 Å². The van der Waals surface area contributed by atoms with Crippen molar-refractivity contribution >= 4 is 22.9 Å². The van der Waals surface area contributed by atoms with E-state index in [1.165, 1.54) is 4.88 Å². The number of thiophene rings is 1. The zero-order chi connectivity index (χ0) is 17.9. The second kappa shape index (κ2) is 7.25. The number of likely N-dealkylation sites (tertiary alicyclic amines) is 1. The molecule has 1 aliphatic heterocycles. The van der Waals surface area contributed by atoms with Crippen molar-refractivity contribution in [2.75, 3.05) is 18.4 Å². The molecule has 1 unspecified atom stereocenters. The maximum absolute atomic E-state index is 12.7. The van der Waals surface area contributed by atoms with E-state index < -0.39 is 0 Å².